The lowest BCUT2D eigenvalue weighted by molar-refractivity contribution is -0.117. The largest absolute Gasteiger partial charge is 0.508 e. The predicted molar refractivity (Wildman–Crippen MR) is 79.3 cm³/mol. The van der Waals surface area contributed by atoms with E-state index in [9.17, 15) is 9.90 Å². The van der Waals surface area contributed by atoms with Crippen molar-refractivity contribution < 1.29 is 15.0 Å². The Bertz CT molecular complexity index is 465. The standard InChI is InChI=1S/C15H22N2O3/c1-15(20,11-17(2)3)10-16-14(19)9-6-12-4-7-13(18)8-5-12/h4-9,18,20H,10-11H2,1-3H3,(H,16,19)/b9-6+. The first-order valence-corrected chi connectivity index (χ1v) is 6.40. The second-order valence-corrected chi connectivity index (χ2v) is 5.38. The third-order valence-electron chi connectivity index (χ3n) is 2.62. The first-order valence-electron chi connectivity index (χ1n) is 6.40. The number of nitrogens with zero attached hydrogens (tertiary/aromatic N) is 1. The number of phenols is 1. The maximum atomic E-state index is 11.6. The first kappa shape index (κ1) is 16.2. The summed E-state index contributed by atoms with van der Waals surface area (Å²) in [5, 5.41) is 21.8. The lowest BCUT2D eigenvalue weighted by Crippen LogP contribution is -2.46. The van der Waals surface area contributed by atoms with E-state index >= 15 is 0 Å². The van der Waals surface area contributed by atoms with Gasteiger partial charge in [-0.2, -0.15) is 0 Å². The van der Waals surface area contributed by atoms with E-state index in [4.69, 9.17) is 5.11 Å². The van der Waals surface area contributed by atoms with Crippen LogP contribution in [0.2, 0.25) is 0 Å². The molecule has 1 aromatic rings. The number of carbonyl (C=O) groups is 1. The van der Waals surface area contributed by atoms with Crippen LogP contribution in [0.5, 0.6) is 5.75 Å². The van der Waals surface area contributed by atoms with Gasteiger partial charge in [-0.05, 0) is 44.8 Å². The average molecular weight is 278 g/mol. The van der Waals surface area contributed by atoms with Gasteiger partial charge < -0.3 is 20.4 Å². The number of benzene rings is 1. The molecule has 0 radical (unpaired) electrons. The maximum Gasteiger partial charge on any atom is 0.244 e. The fourth-order valence-corrected chi connectivity index (χ4v) is 1.83. The second kappa shape index (κ2) is 7.07. The maximum absolute atomic E-state index is 11.6. The Morgan fingerprint density at radius 2 is 1.95 bits per heavy atom. The summed E-state index contributed by atoms with van der Waals surface area (Å²) in [6.07, 6.45) is 3.05. The van der Waals surface area contributed by atoms with Gasteiger partial charge in [0, 0.05) is 19.2 Å². The summed E-state index contributed by atoms with van der Waals surface area (Å²) in [6, 6.07) is 6.53. The molecule has 20 heavy (non-hydrogen) atoms. The van der Waals surface area contributed by atoms with Crippen LogP contribution >= 0.6 is 0 Å². The van der Waals surface area contributed by atoms with Crippen molar-refractivity contribution in [1.82, 2.24) is 10.2 Å². The molecule has 1 rings (SSSR count). The normalized spacial score (nSPS) is 14.4. The van der Waals surface area contributed by atoms with Crippen molar-refractivity contribution >= 4 is 12.0 Å². The number of hydrogen-bond donors (Lipinski definition) is 3. The zero-order chi connectivity index (χ0) is 15.2. The highest BCUT2D eigenvalue weighted by Gasteiger charge is 2.21. The lowest BCUT2D eigenvalue weighted by atomic mass is 10.1. The lowest BCUT2D eigenvalue weighted by Gasteiger charge is -2.26. The zero-order valence-electron chi connectivity index (χ0n) is 12.1. The molecule has 0 aliphatic carbocycles. The minimum Gasteiger partial charge on any atom is -0.508 e. The van der Waals surface area contributed by atoms with Crippen molar-refractivity contribution in [3.8, 4) is 5.75 Å². The number of phenolic OH excluding ortho intramolecular Hbond substituents is 1. The molecule has 0 fully saturated rings. The molecular weight excluding hydrogens is 256 g/mol. The Balaban J connectivity index is 2.45. The molecule has 1 aromatic carbocycles. The van der Waals surface area contributed by atoms with Gasteiger partial charge in [0.1, 0.15) is 5.75 Å². The summed E-state index contributed by atoms with van der Waals surface area (Å²) in [5.74, 6) is -0.0801. The van der Waals surface area contributed by atoms with Crippen LogP contribution < -0.4 is 5.32 Å². The summed E-state index contributed by atoms with van der Waals surface area (Å²) in [7, 11) is 3.72. The van der Waals surface area contributed by atoms with Crippen molar-refractivity contribution in [3.05, 3.63) is 35.9 Å². The zero-order valence-corrected chi connectivity index (χ0v) is 12.1. The molecule has 0 saturated carbocycles. The summed E-state index contributed by atoms with van der Waals surface area (Å²) in [6.45, 7) is 2.33. The molecule has 1 unspecified atom stereocenters. The van der Waals surface area contributed by atoms with Crippen LogP contribution in [-0.2, 0) is 4.79 Å². The quantitative estimate of drug-likeness (QED) is 0.674. The molecule has 0 aliphatic heterocycles. The van der Waals surface area contributed by atoms with Gasteiger partial charge in [-0.1, -0.05) is 12.1 Å². The third kappa shape index (κ3) is 6.36. The van der Waals surface area contributed by atoms with E-state index in [0.29, 0.717) is 6.54 Å². The van der Waals surface area contributed by atoms with Gasteiger partial charge in [0.15, 0.2) is 0 Å². The van der Waals surface area contributed by atoms with E-state index in [1.807, 2.05) is 19.0 Å². The van der Waals surface area contributed by atoms with Crippen LogP contribution in [0.1, 0.15) is 12.5 Å². The summed E-state index contributed by atoms with van der Waals surface area (Å²) in [4.78, 5) is 13.5. The summed E-state index contributed by atoms with van der Waals surface area (Å²) in [5.41, 5.74) is -0.149. The Labute approximate surface area is 119 Å². The van der Waals surface area contributed by atoms with Crippen molar-refractivity contribution in [1.29, 1.82) is 0 Å². The van der Waals surface area contributed by atoms with Crippen LogP contribution in [0.15, 0.2) is 30.3 Å². The minimum atomic E-state index is -0.967. The molecule has 0 aliphatic rings. The van der Waals surface area contributed by atoms with Gasteiger partial charge in [0.25, 0.3) is 0 Å². The van der Waals surface area contributed by atoms with Crippen molar-refractivity contribution in [3.63, 3.8) is 0 Å². The van der Waals surface area contributed by atoms with Crippen LogP contribution in [0.3, 0.4) is 0 Å². The molecule has 0 bridgehead atoms. The number of aliphatic hydroxyl groups is 1. The van der Waals surface area contributed by atoms with Crippen molar-refractivity contribution in [2.75, 3.05) is 27.2 Å². The van der Waals surface area contributed by atoms with Crippen LogP contribution in [0.4, 0.5) is 0 Å². The number of likely N-dealkylation sites (N-methyl/N-ethyl adjacent to an activating group) is 1. The van der Waals surface area contributed by atoms with E-state index in [2.05, 4.69) is 5.32 Å². The molecule has 1 atom stereocenters. The molecule has 3 N–H and O–H groups in total. The van der Waals surface area contributed by atoms with Crippen LogP contribution in [0.25, 0.3) is 6.08 Å². The Kier molecular flexibility index (Phi) is 5.73. The Hall–Kier alpha value is -1.85. The smallest absolute Gasteiger partial charge is 0.244 e. The van der Waals surface area contributed by atoms with Gasteiger partial charge >= 0.3 is 0 Å². The fraction of sp³-hybridized carbons (Fsp3) is 0.400. The van der Waals surface area contributed by atoms with E-state index in [1.165, 1.54) is 6.08 Å². The SMILES string of the molecule is CN(C)CC(C)(O)CNC(=O)/C=C/c1ccc(O)cc1. The first-order chi connectivity index (χ1) is 9.28. The highest BCUT2D eigenvalue weighted by atomic mass is 16.3. The number of nitrogens with one attached hydrogen (secondary N) is 1. The number of hydrogen-bond acceptors (Lipinski definition) is 4. The molecular formula is C15H22N2O3. The van der Waals surface area contributed by atoms with E-state index < -0.39 is 5.60 Å². The van der Waals surface area contributed by atoms with E-state index in [0.717, 1.165) is 5.56 Å². The fourth-order valence-electron chi connectivity index (χ4n) is 1.83. The van der Waals surface area contributed by atoms with Gasteiger partial charge in [-0.25, -0.2) is 0 Å². The predicted octanol–water partition coefficient (Wildman–Crippen LogP) is 0.834. The average Bonchev–Trinajstić information content (AvgIpc) is 2.34. The molecule has 1 amide bonds. The highest BCUT2D eigenvalue weighted by molar-refractivity contribution is 5.91. The number of carbonyl (C=O) groups excluding carboxylic acids is 1. The topological polar surface area (TPSA) is 72.8 Å². The molecule has 0 spiro atoms. The van der Waals surface area contributed by atoms with Gasteiger partial charge in [0.2, 0.25) is 5.91 Å². The van der Waals surface area contributed by atoms with Gasteiger partial charge in [0.05, 0.1) is 5.60 Å². The van der Waals surface area contributed by atoms with Crippen molar-refractivity contribution in [2.24, 2.45) is 0 Å². The Morgan fingerprint density at radius 1 is 1.35 bits per heavy atom. The molecule has 0 heterocycles. The number of aromatic hydroxyl groups is 1. The van der Waals surface area contributed by atoms with Crippen LogP contribution in [-0.4, -0.2) is 53.8 Å². The molecule has 0 aromatic heterocycles. The summed E-state index contributed by atoms with van der Waals surface area (Å²) < 4.78 is 0. The third-order valence-corrected chi connectivity index (χ3v) is 2.62. The molecule has 5 nitrogen and oxygen atoms in total. The van der Waals surface area contributed by atoms with Gasteiger partial charge in [-0.15, -0.1) is 0 Å². The van der Waals surface area contributed by atoms with Crippen LogP contribution in [0, 0.1) is 0 Å². The van der Waals surface area contributed by atoms with Crippen molar-refractivity contribution in [2.45, 2.75) is 12.5 Å². The van der Waals surface area contributed by atoms with Gasteiger partial charge in [-0.3, -0.25) is 4.79 Å². The van der Waals surface area contributed by atoms with E-state index in [-0.39, 0.29) is 18.2 Å². The molecule has 110 valence electrons. The summed E-state index contributed by atoms with van der Waals surface area (Å²) >= 11 is 0. The minimum absolute atomic E-state index is 0.184. The molecule has 5 heteroatoms. The van der Waals surface area contributed by atoms with E-state index in [1.54, 1.807) is 37.3 Å². The monoisotopic (exact) mass is 278 g/mol. The number of amides is 1. The highest BCUT2D eigenvalue weighted by Crippen LogP contribution is 2.10. The molecule has 0 saturated heterocycles. The number of rotatable bonds is 6. The second-order valence-electron chi connectivity index (χ2n) is 5.38. The Morgan fingerprint density at radius 3 is 2.50 bits per heavy atom.